The zero-order valence-electron chi connectivity index (χ0n) is 15.5. The van der Waals surface area contributed by atoms with Crippen molar-refractivity contribution in [3.8, 4) is 5.75 Å². The summed E-state index contributed by atoms with van der Waals surface area (Å²) in [6.45, 7) is 3.49. The molecule has 8 heteroatoms. The number of nitrogens with two attached hydrogens (primary N) is 1. The molecule has 4 rings (SSSR count). The van der Waals surface area contributed by atoms with E-state index in [1.165, 1.54) is 21.8 Å². The number of nitrogens with zero attached hydrogens (tertiary/aromatic N) is 2. The molecule has 148 valence electrons. The van der Waals surface area contributed by atoms with Crippen LogP contribution in [0.25, 0.3) is 10.2 Å². The first-order chi connectivity index (χ1) is 13.5. The third-order valence-corrected chi connectivity index (χ3v) is 7.20. The van der Waals surface area contributed by atoms with Crippen molar-refractivity contribution in [2.24, 2.45) is 5.14 Å². The standard InChI is InChI=1S/C20H23N3O3S2/c21-28(24,25)17-7-5-16(6-8-17)26-14-13-23-11-9-15(10-12-23)20-22-18-3-1-2-4-19(18)27-20/h1-8,15H,9-14H2,(H2,21,24,25). The van der Waals surface area contributed by atoms with E-state index >= 15 is 0 Å². The summed E-state index contributed by atoms with van der Waals surface area (Å²) in [5, 5.41) is 6.36. The number of rotatable bonds is 6. The lowest BCUT2D eigenvalue weighted by Crippen LogP contribution is -2.35. The number of benzene rings is 2. The summed E-state index contributed by atoms with van der Waals surface area (Å²) in [5.41, 5.74) is 1.10. The molecule has 0 spiro atoms. The summed E-state index contributed by atoms with van der Waals surface area (Å²) in [6, 6.07) is 14.5. The summed E-state index contributed by atoms with van der Waals surface area (Å²) in [5.74, 6) is 1.19. The van der Waals surface area contributed by atoms with Gasteiger partial charge in [-0.3, -0.25) is 4.90 Å². The van der Waals surface area contributed by atoms with Gasteiger partial charge in [-0.05, 0) is 62.3 Å². The predicted octanol–water partition coefficient (Wildman–Crippen LogP) is 3.20. The van der Waals surface area contributed by atoms with Crippen LogP contribution in [-0.4, -0.2) is 44.5 Å². The summed E-state index contributed by atoms with van der Waals surface area (Å²) in [7, 11) is -3.66. The van der Waals surface area contributed by atoms with E-state index in [9.17, 15) is 8.42 Å². The molecule has 0 bridgehead atoms. The van der Waals surface area contributed by atoms with E-state index in [1.807, 2.05) is 17.4 Å². The van der Waals surface area contributed by atoms with Crippen LogP contribution in [0.3, 0.4) is 0 Å². The number of hydrogen-bond donors (Lipinski definition) is 1. The molecule has 1 aliphatic rings. The Morgan fingerprint density at radius 1 is 1.11 bits per heavy atom. The minimum Gasteiger partial charge on any atom is -0.492 e. The number of primary sulfonamides is 1. The van der Waals surface area contributed by atoms with Gasteiger partial charge in [0.05, 0.1) is 20.1 Å². The summed E-state index contributed by atoms with van der Waals surface area (Å²) in [4.78, 5) is 7.31. The van der Waals surface area contributed by atoms with Gasteiger partial charge < -0.3 is 4.74 Å². The molecule has 1 saturated heterocycles. The molecule has 3 aromatic rings. The van der Waals surface area contributed by atoms with Crippen LogP contribution in [0, 0.1) is 0 Å². The van der Waals surface area contributed by atoms with Crippen molar-refractivity contribution in [3.05, 3.63) is 53.5 Å². The Hall–Kier alpha value is -2.00. The maximum Gasteiger partial charge on any atom is 0.238 e. The first-order valence-electron chi connectivity index (χ1n) is 9.32. The zero-order valence-corrected chi connectivity index (χ0v) is 17.1. The van der Waals surface area contributed by atoms with E-state index in [2.05, 4.69) is 23.1 Å². The van der Waals surface area contributed by atoms with E-state index in [-0.39, 0.29) is 4.90 Å². The monoisotopic (exact) mass is 417 g/mol. The Kier molecular flexibility index (Phi) is 5.63. The number of ether oxygens (including phenoxy) is 1. The fraction of sp³-hybridized carbons (Fsp3) is 0.350. The smallest absolute Gasteiger partial charge is 0.238 e. The van der Waals surface area contributed by atoms with Gasteiger partial charge in [0.15, 0.2) is 0 Å². The Morgan fingerprint density at radius 3 is 2.50 bits per heavy atom. The molecule has 0 unspecified atom stereocenters. The molecule has 28 heavy (non-hydrogen) atoms. The van der Waals surface area contributed by atoms with Gasteiger partial charge in [0, 0.05) is 12.5 Å². The lowest BCUT2D eigenvalue weighted by molar-refractivity contribution is 0.173. The lowest BCUT2D eigenvalue weighted by Gasteiger charge is -2.30. The van der Waals surface area contributed by atoms with E-state index < -0.39 is 10.0 Å². The van der Waals surface area contributed by atoms with Crippen molar-refractivity contribution in [2.75, 3.05) is 26.2 Å². The molecule has 0 saturated carbocycles. The number of likely N-dealkylation sites (tertiary alicyclic amines) is 1. The topological polar surface area (TPSA) is 85.5 Å². The SMILES string of the molecule is NS(=O)(=O)c1ccc(OCCN2CCC(c3nc4ccccc4s3)CC2)cc1. The van der Waals surface area contributed by atoms with Crippen molar-refractivity contribution < 1.29 is 13.2 Å². The molecule has 1 fully saturated rings. The van der Waals surface area contributed by atoms with Gasteiger partial charge in [0.2, 0.25) is 10.0 Å². The molecule has 1 aliphatic heterocycles. The quantitative estimate of drug-likeness (QED) is 0.666. The van der Waals surface area contributed by atoms with Crippen LogP contribution in [0.15, 0.2) is 53.4 Å². The maximum absolute atomic E-state index is 11.3. The average Bonchev–Trinajstić information content (AvgIpc) is 3.12. The highest BCUT2D eigenvalue weighted by atomic mass is 32.2. The number of aromatic nitrogens is 1. The molecule has 0 atom stereocenters. The van der Waals surface area contributed by atoms with Gasteiger partial charge >= 0.3 is 0 Å². The van der Waals surface area contributed by atoms with Crippen LogP contribution in [0.5, 0.6) is 5.75 Å². The van der Waals surface area contributed by atoms with E-state index in [0.717, 1.165) is 38.0 Å². The van der Waals surface area contributed by atoms with Crippen molar-refractivity contribution in [1.29, 1.82) is 0 Å². The summed E-state index contributed by atoms with van der Waals surface area (Å²) in [6.07, 6.45) is 2.23. The average molecular weight is 418 g/mol. The molecule has 6 nitrogen and oxygen atoms in total. The first-order valence-corrected chi connectivity index (χ1v) is 11.7. The van der Waals surface area contributed by atoms with Crippen molar-refractivity contribution in [2.45, 2.75) is 23.7 Å². The van der Waals surface area contributed by atoms with Crippen LogP contribution >= 0.6 is 11.3 Å². The van der Waals surface area contributed by atoms with Crippen LogP contribution < -0.4 is 9.88 Å². The molecule has 2 heterocycles. The van der Waals surface area contributed by atoms with Gasteiger partial charge in [0.1, 0.15) is 12.4 Å². The fourth-order valence-electron chi connectivity index (χ4n) is 3.49. The molecule has 0 amide bonds. The van der Waals surface area contributed by atoms with Crippen molar-refractivity contribution in [3.63, 3.8) is 0 Å². The predicted molar refractivity (Wildman–Crippen MR) is 111 cm³/mol. The zero-order chi connectivity index (χ0) is 19.6. The minimum atomic E-state index is -3.66. The maximum atomic E-state index is 11.3. The number of piperidine rings is 1. The molecular weight excluding hydrogens is 394 g/mol. The van der Waals surface area contributed by atoms with E-state index in [0.29, 0.717) is 18.3 Å². The van der Waals surface area contributed by atoms with Crippen molar-refractivity contribution in [1.82, 2.24) is 9.88 Å². The van der Waals surface area contributed by atoms with Crippen LogP contribution in [0.1, 0.15) is 23.8 Å². The highest BCUT2D eigenvalue weighted by Gasteiger charge is 2.23. The molecule has 0 radical (unpaired) electrons. The summed E-state index contributed by atoms with van der Waals surface area (Å²) >= 11 is 1.82. The van der Waals surface area contributed by atoms with Gasteiger partial charge in [-0.1, -0.05) is 12.1 Å². The minimum absolute atomic E-state index is 0.0942. The normalized spacial score (nSPS) is 16.5. The molecule has 2 N–H and O–H groups in total. The Balaban J connectivity index is 1.24. The van der Waals surface area contributed by atoms with E-state index in [4.69, 9.17) is 14.9 Å². The Bertz CT molecular complexity index is 1010. The lowest BCUT2D eigenvalue weighted by atomic mass is 9.97. The third-order valence-electron chi connectivity index (χ3n) is 5.08. The summed E-state index contributed by atoms with van der Waals surface area (Å²) < 4.78 is 29.5. The molecule has 0 aliphatic carbocycles. The van der Waals surface area contributed by atoms with Gasteiger partial charge in [0.25, 0.3) is 0 Å². The molecule has 1 aromatic heterocycles. The largest absolute Gasteiger partial charge is 0.492 e. The molecule has 2 aromatic carbocycles. The number of fused-ring (bicyclic) bond motifs is 1. The highest BCUT2D eigenvalue weighted by Crippen LogP contribution is 2.33. The Labute approximate surface area is 169 Å². The second-order valence-corrected chi connectivity index (χ2v) is 9.62. The second-order valence-electron chi connectivity index (χ2n) is 7.00. The third kappa shape index (κ3) is 4.52. The van der Waals surface area contributed by atoms with Gasteiger partial charge in [-0.25, -0.2) is 18.5 Å². The Morgan fingerprint density at radius 2 is 1.82 bits per heavy atom. The first kappa shape index (κ1) is 19.3. The molecular formula is C20H23N3O3S2. The van der Waals surface area contributed by atoms with Gasteiger partial charge in [-0.15, -0.1) is 11.3 Å². The van der Waals surface area contributed by atoms with Crippen LogP contribution in [-0.2, 0) is 10.0 Å². The highest BCUT2D eigenvalue weighted by molar-refractivity contribution is 7.89. The van der Waals surface area contributed by atoms with E-state index in [1.54, 1.807) is 12.1 Å². The van der Waals surface area contributed by atoms with Crippen LogP contribution in [0.4, 0.5) is 0 Å². The fourth-order valence-corrected chi connectivity index (χ4v) is 5.14. The number of thiazole rings is 1. The number of para-hydroxylation sites is 1. The number of sulfonamides is 1. The van der Waals surface area contributed by atoms with Crippen LogP contribution in [0.2, 0.25) is 0 Å². The van der Waals surface area contributed by atoms with Gasteiger partial charge in [-0.2, -0.15) is 0 Å². The van der Waals surface area contributed by atoms with Crippen molar-refractivity contribution >= 4 is 31.6 Å². The number of hydrogen-bond acceptors (Lipinski definition) is 6. The second kappa shape index (κ2) is 8.16.